The third-order valence-corrected chi connectivity index (χ3v) is 3.67. The Morgan fingerprint density at radius 3 is 2.00 bits per heavy atom. The van der Waals surface area contributed by atoms with Crippen LogP contribution < -0.4 is 71.6 Å². The van der Waals surface area contributed by atoms with Crippen molar-refractivity contribution < 1.29 is 88.1 Å². The Hall–Kier alpha value is -1.53. The maximum atomic E-state index is 13.2. The van der Waals surface area contributed by atoms with Crippen molar-refractivity contribution in [3.05, 3.63) is 47.5 Å². The largest absolute Gasteiger partial charge is 1.00 e. The monoisotopic (exact) mass is 421 g/mol. The van der Waals surface area contributed by atoms with Crippen LogP contribution in [0, 0.1) is 0 Å². The van der Waals surface area contributed by atoms with Crippen LogP contribution in [-0.2, 0) is 4.74 Å². The zero-order valence-electron chi connectivity index (χ0n) is 15.7. The first-order valence-corrected chi connectivity index (χ1v) is 7.66. The summed E-state index contributed by atoms with van der Waals surface area (Å²) in [6, 6.07) is 7.12. The van der Waals surface area contributed by atoms with Gasteiger partial charge in [-0.3, -0.25) is 4.79 Å². The van der Waals surface area contributed by atoms with Crippen LogP contribution in [0.4, 0.5) is 18.6 Å². The molecule has 2 aromatic carbocycles. The first kappa shape index (κ1) is 24.5. The molecule has 0 aromatic heterocycles. The van der Waals surface area contributed by atoms with Gasteiger partial charge >= 0.3 is 64.3 Å². The van der Waals surface area contributed by atoms with Gasteiger partial charge in [0.05, 0.1) is 26.9 Å². The van der Waals surface area contributed by atoms with Gasteiger partial charge in [-0.2, -0.15) is 0 Å². The number of carbonyl (C=O) groups is 2. The van der Waals surface area contributed by atoms with Gasteiger partial charge in [-0.1, -0.05) is 18.2 Å². The van der Waals surface area contributed by atoms with Crippen LogP contribution in [0.3, 0.4) is 0 Å². The molecule has 0 aliphatic heterocycles. The fourth-order valence-electron chi connectivity index (χ4n) is 2.42. The van der Waals surface area contributed by atoms with Crippen LogP contribution in [-0.4, -0.2) is 40.2 Å². The molecule has 1 N–H and O–H groups in total. The Bertz CT molecular complexity index is 854. The summed E-state index contributed by atoms with van der Waals surface area (Å²) in [7, 11) is 3.73. The van der Waals surface area contributed by atoms with E-state index in [9.17, 15) is 22.5 Å². The van der Waals surface area contributed by atoms with Gasteiger partial charge in [0.1, 0.15) is 17.1 Å². The van der Waals surface area contributed by atoms with Gasteiger partial charge in [0, 0.05) is 5.69 Å². The van der Waals surface area contributed by atoms with Crippen LogP contribution in [0.25, 0.3) is 0 Å². The zero-order chi connectivity index (χ0) is 20.2. The second kappa shape index (κ2) is 10.3. The van der Waals surface area contributed by atoms with Crippen molar-refractivity contribution in [2.24, 2.45) is 0 Å². The van der Waals surface area contributed by atoms with Crippen molar-refractivity contribution in [3.8, 4) is 11.5 Å². The van der Waals surface area contributed by atoms with Crippen molar-refractivity contribution in [3.63, 3.8) is 0 Å². The molecule has 0 fully saturated rings. The van der Waals surface area contributed by atoms with E-state index in [4.69, 9.17) is 9.47 Å². The predicted molar refractivity (Wildman–Crippen MR) is 94.0 cm³/mol. The predicted octanol–water partition coefficient (Wildman–Crippen LogP) is -0.199. The molecule has 0 atom stereocenters. The number of methoxy groups -OCH3 is 3. The van der Waals surface area contributed by atoms with Crippen molar-refractivity contribution >= 4 is 30.0 Å². The number of nitrogens with one attached hydrogen (secondary N) is 1. The molecule has 0 bridgehead atoms. The topological polar surface area (TPSA) is 73.9 Å². The molecule has 0 heterocycles. The molecular weight excluding hydrogens is 405 g/mol. The van der Waals surface area contributed by atoms with Crippen molar-refractivity contribution in [2.75, 3.05) is 26.6 Å². The van der Waals surface area contributed by atoms with E-state index in [0.29, 0.717) is 6.07 Å². The smallest absolute Gasteiger partial charge is 0.496 e. The minimum atomic E-state index is -5.40. The van der Waals surface area contributed by atoms with Crippen LogP contribution >= 0.6 is 0 Å². The van der Waals surface area contributed by atoms with Gasteiger partial charge in [0.2, 0.25) is 0 Å². The molecule has 0 saturated carbocycles. The zero-order valence-corrected chi connectivity index (χ0v) is 18.8. The van der Waals surface area contributed by atoms with Gasteiger partial charge in [-0.15, -0.1) is 5.46 Å². The van der Waals surface area contributed by atoms with Crippen LogP contribution in [0.1, 0.15) is 20.7 Å². The van der Waals surface area contributed by atoms with Crippen LogP contribution in [0.5, 0.6) is 11.5 Å². The number of hydrogen-bond donors (Lipinski definition) is 1. The second-order valence-corrected chi connectivity index (χ2v) is 5.40. The molecular formula is C17H16BF3KNO5. The molecule has 144 valence electrons. The Kier molecular flexibility index (Phi) is 9.02. The van der Waals surface area contributed by atoms with E-state index >= 15 is 0 Å². The number of hydrogen-bond acceptors (Lipinski definition) is 5. The quantitative estimate of drug-likeness (QED) is 0.517. The molecule has 11 heteroatoms. The summed E-state index contributed by atoms with van der Waals surface area (Å²) in [4.78, 5) is 24.3. The fourth-order valence-corrected chi connectivity index (χ4v) is 2.42. The molecule has 0 saturated heterocycles. The molecule has 0 unspecified atom stereocenters. The summed E-state index contributed by atoms with van der Waals surface area (Å²) < 4.78 is 54.2. The van der Waals surface area contributed by atoms with E-state index in [2.05, 4.69) is 10.1 Å². The van der Waals surface area contributed by atoms with Gasteiger partial charge in [-0.25, -0.2) is 4.79 Å². The summed E-state index contributed by atoms with van der Waals surface area (Å²) in [5.41, 5.74) is -1.59. The van der Waals surface area contributed by atoms with Gasteiger partial charge in [0.25, 0.3) is 5.91 Å². The van der Waals surface area contributed by atoms with E-state index in [1.54, 1.807) is 6.07 Å². The Morgan fingerprint density at radius 2 is 1.54 bits per heavy atom. The van der Waals surface area contributed by atoms with E-state index in [1.807, 2.05) is 0 Å². The van der Waals surface area contributed by atoms with Gasteiger partial charge in [0.15, 0.2) is 0 Å². The number of halogens is 3. The third kappa shape index (κ3) is 5.74. The molecule has 2 aromatic rings. The average Bonchev–Trinajstić information content (AvgIpc) is 2.65. The second-order valence-electron chi connectivity index (χ2n) is 5.40. The van der Waals surface area contributed by atoms with Gasteiger partial charge in [-0.05, 0) is 18.2 Å². The van der Waals surface area contributed by atoms with Crippen LogP contribution in [0.15, 0.2) is 36.4 Å². The third-order valence-electron chi connectivity index (χ3n) is 3.67. The number of esters is 1. The number of anilines is 1. The maximum Gasteiger partial charge on any atom is 1.00 e. The Labute approximate surface area is 202 Å². The molecule has 0 radical (unpaired) electrons. The summed E-state index contributed by atoms with van der Waals surface area (Å²) in [6.45, 7) is -5.40. The Morgan fingerprint density at radius 1 is 0.964 bits per heavy atom. The van der Waals surface area contributed by atoms with E-state index < -0.39 is 24.3 Å². The number of benzene rings is 2. The normalized spacial score (nSPS) is 10.5. The summed E-state index contributed by atoms with van der Waals surface area (Å²) >= 11 is 0. The fraction of sp³-hybridized carbons (Fsp3) is 0.176. The molecule has 0 spiro atoms. The summed E-state index contributed by atoms with van der Waals surface area (Å²) in [6.07, 6.45) is 0. The van der Waals surface area contributed by atoms with Crippen molar-refractivity contribution in [2.45, 2.75) is 0 Å². The molecule has 0 aliphatic carbocycles. The number of rotatable bonds is 6. The summed E-state index contributed by atoms with van der Waals surface area (Å²) in [5.74, 6) is -1.36. The summed E-state index contributed by atoms with van der Waals surface area (Å²) in [5, 5.41) is 2.34. The van der Waals surface area contributed by atoms with E-state index in [0.717, 1.165) is 19.2 Å². The minimum absolute atomic E-state index is 0. The number of carbonyl (C=O) groups excluding carboxylic acids is 2. The van der Waals surface area contributed by atoms with Crippen LogP contribution in [0.2, 0.25) is 0 Å². The standard InChI is InChI=1S/C17H16BF3NO5.K/c1-25-13-5-4-6-14(26-2)15(13)16(23)22-12-8-10(17(24)27-3)7-11(9-12)18(19,20)21;/h4-9H,1-3H3,(H,22,23);/q-1;+1. The molecule has 1 amide bonds. The van der Waals surface area contributed by atoms with E-state index in [1.165, 1.54) is 26.4 Å². The average molecular weight is 421 g/mol. The van der Waals surface area contributed by atoms with Crippen molar-refractivity contribution in [1.29, 1.82) is 0 Å². The minimum Gasteiger partial charge on any atom is -0.496 e. The molecule has 2 rings (SSSR count). The molecule has 0 aliphatic rings. The SMILES string of the molecule is COC(=O)c1cc(NC(=O)c2c(OC)cccc2OC)cc([B-](F)(F)F)c1.[K+]. The Balaban J connectivity index is 0.00000392. The first-order chi connectivity index (χ1) is 12.7. The number of ether oxygens (including phenoxy) is 3. The maximum absolute atomic E-state index is 13.2. The van der Waals surface area contributed by atoms with Gasteiger partial charge < -0.3 is 32.5 Å². The van der Waals surface area contributed by atoms with E-state index in [-0.39, 0.29) is 79.7 Å². The van der Waals surface area contributed by atoms with Crippen molar-refractivity contribution in [1.82, 2.24) is 0 Å². The number of amides is 1. The first-order valence-electron chi connectivity index (χ1n) is 7.66. The molecule has 6 nitrogen and oxygen atoms in total. The molecule has 28 heavy (non-hydrogen) atoms.